The van der Waals surface area contributed by atoms with Crippen LogP contribution < -0.4 is 8.67 Å². The Bertz CT molecular complexity index is 397. The second-order valence-electron chi connectivity index (χ2n) is 4.34. The Balaban J connectivity index is 2.40. The molecule has 19 heavy (non-hydrogen) atoms. The highest BCUT2D eigenvalue weighted by Gasteiger charge is 2.11. The maximum absolute atomic E-state index is 11.7. The van der Waals surface area contributed by atoms with Crippen LogP contribution in [0.3, 0.4) is 0 Å². The van der Waals surface area contributed by atoms with E-state index in [1.165, 1.54) is 12.8 Å². The maximum Gasteiger partial charge on any atom is 0.311 e. The number of rotatable bonds is 8. The standard InChI is InChI=1S/C14H19Cl2NO2/c1-2-3-4-5-6-11-14(18)19-13-10-8-7-9-12(13)17(15)16/h7-10H,2-6,11H2,1H3. The van der Waals surface area contributed by atoms with Gasteiger partial charge in [0.05, 0.1) is 0 Å². The highest BCUT2D eigenvalue weighted by Crippen LogP contribution is 2.31. The van der Waals surface area contributed by atoms with Crippen molar-refractivity contribution in [3.05, 3.63) is 24.3 Å². The van der Waals surface area contributed by atoms with Crippen molar-refractivity contribution in [3.63, 3.8) is 0 Å². The van der Waals surface area contributed by atoms with Crippen LogP contribution in [-0.4, -0.2) is 5.97 Å². The Labute approximate surface area is 124 Å². The smallest absolute Gasteiger partial charge is 0.311 e. The van der Waals surface area contributed by atoms with Crippen molar-refractivity contribution in [1.29, 1.82) is 0 Å². The number of halogens is 2. The van der Waals surface area contributed by atoms with Gasteiger partial charge in [-0.25, -0.2) is 0 Å². The first kappa shape index (κ1) is 16.1. The number of unbranched alkanes of at least 4 members (excludes halogenated alkanes) is 4. The third-order valence-corrected chi connectivity index (χ3v) is 3.12. The van der Waals surface area contributed by atoms with Gasteiger partial charge < -0.3 is 4.74 Å². The molecular weight excluding hydrogens is 285 g/mol. The van der Waals surface area contributed by atoms with Gasteiger partial charge in [-0.1, -0.05) is 44.7 Å². The van der Waals surface area contributed by atoms with Crippen molar-refractivity contribution in [1.82, 2.24) is 0 Å². The summed E-state index contributed by atoms with van der Waals surface area (Å²) in [6.45, 7) is 2.16. The largest absolute Gasteiger partial charge is 0.424 e. The first-order valence-electron chi connectivity index (χ1n) is 6.56. The van der Waals surface area contributed by atoms with E-state index in [0.29, 0.717) is 17.9 Å². The minimum atomic E-state index is -0.251. The van der Waals surface area contributed by atoms with E-state index in [9.17, 15) is 4.79 Å². The Hall–Kier alpha value is -0.930. The fraction of sp³-hybridized carbons (Fsp3) is 0.500. The summed E-state index contributed by atoms with van der Waals surface area (Å²) < 4.78 is 6.16. The van der Waals surface area contributed by atoms with E-state index in [2.05, 4.69) is 6.92 Å². The number of benzene rings is 1. The molecule has 0 N–H and O–H groups in total. The van der Waals surface area contributed by atoms with E-state index < -0.39 is 0 Å². The van der Waals surface area contributed by atoms with E-state index in [0.717, 1.165) is 23.2 Å². The monoisotopic (exact) mass is 303 g/mol. The van der Waals surface area contributed by atoms with Crippen LogP contribution in [0.2, 0.25) is 0 Å². The molecule has 106 valence electrons. The number of ether oxygens (including phenoxy) is 1. The van der Waals surface area contributed by atoms with Crippen LogP contribution in [-0.2, 0) is 4.79 Å². The number of hydrogen-bond donors (Lipinski definition) is 0. The zero-order chi connectivity index (χ0) is 14.1. The van der Waals surface area contributed by atoms with Gasteiger partial charge in [-0.05, 0) is 18.6 Å². The Morgan fingerprint density at radius 1 is 1.16 bits per heavy atom. The van der Waals surface area contributed by atoms with Gasteiger partial charge in [-0.2, -0.15) is 3.94 Å². The fourth-order valence-electron chi connectivity index (χ4n) is 1.73. The van der Waals surface area contributed by atoms with E-state index in [1.54, 1.807) is 24.3 Å². The summed E-state index contributed by atoms with van der Waals surface area (Å²) in [6, 6.07) is 6.89. The molecule has 0 saturated heterocycles. The van der Waals surface area contributed by atoms with Crippen molar-refractivity contribution < 1.29 is 9.53 Å². The van der Waals surface area contributed by atoms with Crippen LogP contribution >= 0.6 is 23.6 Å². The van der Waals surface area contributed by atoms with E-state index in [-0.39, 0.29) is 5.97 Å². The topological polar surface area (TPSA) is 29.5 Å². The lowest BCUT2D eigenvalue weighted by Crippen LogP contribution is -2.09. The van der Waals surface area contributed by atoms with Crippen molar-refractivity contribution in [2.75, 3.05) is 3.94 Å². The number of nitrogens with zero attached hydrogens (tertiary/aromatic N) is 1. The minimum absolute atomic E-state index is 0.251. The van der Waals surface area contributed by atoms with Gasteiger partial charge in [0.1, 0.15) is 5.69 Å². The highest BCUT2D eigenvalue weighted by molar-refractivity contribution is 6.49. The Morgan fingerprint density at radius 3 is 2.53 bits per heavy atom. The summed E-state index contributed by atoms with van der Waals surface area (Å²) in [7, 11) is 0. The number of carbonyl (C=O) groups excluding carboxylic acids is 1. The van der Waals surface area contributed by atoms with Gasteiger partial charge in [-0.15, -0.1) is 0 Å². The molecule has 0 unspecified atom stereocenters. The molecule has 0 spiro atoms. The first-order chi connectivity index (χ1) is 9.15. The summed E-state index contributed by atoms with van der Waals surface area (Å²) in [4.78, 5) is 11.7. The summed E-state index contributed by atoms with van der Waals surface area (Å²) in [5, 5.41) is 0. The molecule has 0 amide bonds. The van der Waals surface area contributed by atoms with Crippen molar-refractivity contribution in [3.8, 4) is 5.75 Å². The zero-order valence-corrected chi connectivity index (χ0v) is 12.6. The van der Waals surface area contributed by atoms with Crippen LogP contribution in [0.25, 0.3) is 0 Å². The molecular formula is C14H19Cl2NO2. The SMILES string of the molecule is CCCCCCCC(=O)Oc1ccccc1N(Cl)Cl. The predicted octanol–water partition coefficient (Wildman–Crippen LogP) is 5.07. The molecule has 0 atom stereocenters. The molecule has 1 aromatic rings. The van der Waals surface area contributed by atoms with Crippen molar-refractivity contribution in [2.24, 2.45) is 0 Å². The first-order valence-corrected chi connectivity index (χ1v) is 7.24. The summed E-state index contributed by atoms with van der Waals surface area (Å²) in [6.07, 6.45) is 5.90. The Kier molecular flexibility index (Phi) is 7.68. The van der Waals surface area contributed by atoms with Gasteiger partial charge in [0.25, 0.3) is 0 Å². The highest BCUT2D eigenvalue weighted by atomic mass is 35.5. The van der Waals surface area contributed by atoms with E-state index in [1.807, 2.05) is 0 Å². The molecule has 3 nitrogen and oxygen atoms in total. The molecule has 0 bridgehead atoms. The lowest BCUT2D eigenvalue weighted by Gasteiger charge is -2.11. The van der Waals surface area contributed by atoms with Crippen molar-refractivity contribution >= 4 is 35.2 Å². The summed E-state index contributed by atoms with van der Waals surface area (Å²) >= 11 is 11.3. The van der Waals surface area contributed by atoms with Gasteiger partial charge in [0.15, 0.2) is 5.75 Å². The van der Waals surface area contributed by atoms with Crippen LogP contribution in [0.15, 0.2) is 24.3 Å². The average Bonchev–Trinajstić information content (AvgIpc) is 2.39. The zero-order valence-electron chi connectivity index (χ0n) is 11.1. The fourth-order valence-corrected chi connectivity index (χ4v) is 2.01. The van der Waals surface area contributed by atoms with Gasteiger partial charge in [0, 0.05) is 30.0 Å². The number of carbonyl (C=O) groups is 1. The average molecular weight is 304 g/mol. The van der Waals surface area contributed by atoms with E-state index >= 15 is 0 Å². The second kappa shape index (κ2) is 9.05. The molecule has 0 fully saturated rings. The molecule has 0 aromatic heterocycles. The molecule has 0 heterocycles. The molecule has 0 aliphatic carbocycles. The van der Waals surface area contributed by atoms with Gasteiger partial charge in [0.2, 0.25) is 0 Å². The third-order valence-electron chi connectivity index (χ3n) is 2.76. The number of hydrogen-bond acceptors (Lipinski definition) is 3. The summed E-state index contributed by atoms with van der Waals surface area (Å²) in [5.74, 6) is 0.130. The third kappa shape index (κ3) is 6.17. The minimum Gasteiger partial charge on any atom is -0.424 e. The van der Waals surface area contributed by atoms with Gasteiger partial charge in [-0.3, -0.25) is 4.79 Å². The van der Waals surface area contributed by atoms with Crippen LogP contribution in [0.1, 0.15) is 45.4 Å². The summed E-state index contributed by atoms with van der Waals surface area (Å²) in [5.41, 5.74) is 0.463. The van der Waals surface area contributed by atoms with Crippen LogP contribution in [0.4, 0.5) is 5.69 Å². The molecule has 5 heteroatoms. The maximum atomic E-state index is 11.7. The molecule has 0 saturated carbocycles. The molecule has 1 aromatic carbocycles. The lowest BCUT2D eigenvalue weighted by molar-refractivity contribution is -0.134. The molecule has 0 aliphatic rings. The van der Waals surface area contributed by atoms with Crippen LogP contribution in [0.5, 0.6) is 5.75 Å². The van der Waals surface area contributed by atoms with E-state index in [4.69, 9.17) is 28.3 Å². The normalized spacial score (nSPS) is 10.3. The number of anilines is 1. The van der Waals surface area contributed by atoms with Gasteiger partial charge >= 0.3 is 5.97 Å². The molecule has 0 radical (unpaired) electrons. The second-order valence-corrected chi connectivity index (χ2v) is 5.19. The van der Waals surface area contributed by atoms with Crippen molar-refractivity contribution in [2.45, 2.75) is 45.4 Å². The molecule has 0 aliphatic heterocycles. The number of para-hydroxylation sites is 2. The predicted molar refractivity (Wildman–Crippen MR) is 79.6 cm³/mol. The molecule has 1 rings (SSSR count). The number of esters is 1. The van der Waals surface area contributed by atoms with Crippen LogP contribution in [0, 0.1) is 0 Å². The lowest BCUT2D eigenvalue weighted by atomic mass is 10.1. The quantitative estimate of drug-likeness (QED) is 0.291. The Morgan fingerprint density at radius 2 is 1.84 bits per heavy atom.